The highest BCUT2D eigenvalue weighted by Gasteiger charge is 2.29. The van der Waals surface area contributed by atoms with Crippen molar-refractivity contribution >= 4 is 0 Å². The minimum Gasteiger partial charge on any atom is -0.396 e. The number of hydrogen-bond donors (Lipinski definition) is 1. The van der Waals surface area contributed by atoms with Gasteiger partial charge in [-0.3, -0.25) is 10.1 Å². The Kier molecular flexibility index (Phi) is 4.81. The summed E-state index contributed by atoms with van der Waals surface area (Å²) in [6.07, 6.45) is 3.01. The average Bonchev–Trinajstić information content (AvgIpc) is 1.98. The van der Waals surface area contributed by atoms with Crippen LogP contribution in [0.25, 0.3) is 0 Å². The quantitative estimate of drug-likeness (QED) is 0.379. The zero-order valence-electron chi connectivity index (χ0n) is 7.75. The van der Waals surface area contributed by atoms with Crippen LogP contribution in [0.1, 0.15) is 39.5 Å². The molecule has 0 saturated carbocycles. The largest absolute Gasteiger partial charge is 0.396 e. The van der Waals surface area contributed by atoms with Crippen LogP contribution in [0.15, 0.2) is 0 Å². The van der Waals surface area contributed by atoms with Gasteiger partial charge in [0.15, 0.2) is 0 Å². The first-order valence-corrected chi connectivity index (χ1v) is 4.26. The van der Waals surface area contributed by atoms with Crippen LogP contribution in [0.4, 0.5) is 0 Å². The third-order valence-corrected chi connectivity index (χ3v) is 1.94. The van der Waals surface area contributed by atoms with E-state index < -0.39 is 5.54 Å². The lowest BCUT2D eigenvalue weighted by Gasteiger charge is -2.14. The molecule has 0 aliphatic carbocycles. The summed E-state index contributed by atoms with van der Waals surface area (Å²) < 4.78 is 0. The predicted octanol–water partition coefficient (Wildman–Crippen LogP) is 1.59. The van der Waals surface area contributed by atoms with Gasteiger partial charge in [0.1, 0.15) is 0 Å². The van der Waals surface area contributed by atoms with Gasteiger partial charge in [-0.15, -0.1) is 0 Å². The molecule has 4 nitrogen and oxygen atoms in total. The standard InChI is InChI=1S/C8H17NO3/c1-8(2,9(11)12)6-4-3-5-7-10/h10H,3-7H2,1-2H3. The molecule has 0 heterocycles. The number of nitrogens with zero attached hydrogens (tertiary/aromatic N) is 1. The molecule has 0 aliphatic rings. The van der Waals surface area contributed by atoms with Gasteiger partial charge in [-0.2, -0.15) is 0 Å². The van der Waals surface area contributed by atoms with Crippen molar-refractivity contribution in [1.82, 2.24) is 0 Å². The van der Waals surface area contributed by atoms with Crippen LogP contribution >= 0.6 is 0 Å². The van der Waals surface area contributed by atoms with Gasteiger partial charge in [0.2, 0.25) is 5.54 Å². The van der Waals surface area contributed by atoms with Gasteiger partial charge >= 0.3 is 0 Å². The molecule has 4 heteroatoms. The molecule has 0 fully saturated rings. The topological polar surface area (TPSA) is 63.4 Å². The van der Waals surface area contributed by atoms with Crippen molar-refractivity contribution in [2.24, 2.45) is 0 Å². The van der Waals surface area contributed by atoms with Gasteiger partial charge in [0.05, 0.1) is 0 Å². The second-order valence-electron chi connectivity index (χ2n) is 3.60. The highest BCUT2D eigenvalue weighted by Crippen LogP contribution is 2.16. The van der Waals surface area contributed by atoms with Crippen molar-refractivity contribution in [2.75, 3.05) is 6.61 Å². The lowest BCUT2D eigenvalue weighted by molar-refractivity contribution is -0.561. The molecular formula is C8H17NO3. The van der Waals surface area contributed by atoms with Crippen molar-refractivity contribution < 1.29 is 10.0 Å². The summed E-state index contributed by atoms with van der Waals surface area (Å²) >= 11 is 0. The summed E-state index contributed by atoms with van der Waals surface area (Å²) in [6.45, 7) is 3.44. The highest BCUT2D eigenvalue weighted by molar-refractivity contribution is 4.66. The number of unbranched alkanes of at least 4 members (excludes halogenated alkanes) is 2. The maximum Gasteiger partial charge on any atom is 0.216 e. The Morgan fingerprint density at radius 1 is 1.33 bits per heavy atom. The van der Waals surface area contributed by atoms with Crippen molar-refractivity contribution in [3.63, 3.8) is 0 Å². The molecular weight excluding hydrogens is 158 g/mol. The molecule has 0 aromatic rings. The first-order valence-electron chi connectivity index (χ1n) is 4.26. The summed E-state index contributed by atoms with van der Waals surface area (Å²) in [5.41, 5.74) is -0.810. The van der Waals surface area contributed by atoms with E-state index in [4.69, 9.17) is 5.11 Å². The van der Waals surface area contributed by atoms with E-state index in [1.165, 1.54) is 0 Å². The molecule has 0 unspecified atom stereocenters. The number of nitro groups is 1. The molecule has 0 aliphatic heterocycles. The Morgan fingerprint density at radius 2 is 1.92 bits per heavy atom. The van der Waals surface area contributed by atoms with E-state index >= 15 is 0 Å². The first-order chi connectivity index (χ1) is 5.50. The van der Waals surface area contributed by atoms with Crippen LogP contribution in [-0.2, 0) is 0 Å². The molecule has 0 amide bonds. The molecule has 0 radical (unpaired) electrons. The van der Waals surface area contributed by atoms with Crippen molar-refractivity contribution in [2.45, 2.75) is 45.1 Å². The van der Waals surface area contributed by atoms with Crippen LogP contribution in [0.3, 0.4) is 0 Å². The number of aliphatic hydroxyl groups excluding tert-OH is 1. The summed E-state index contributed by atoms with van der Waals surface area (Å²) in [5, 5.41) is 18.9. The Morgan fingerprint density at radius 3 is 2.33 bits per heavy atom. The Labute approximate surface area is 72.7 Å². The summed E-state index contributed by atoms with van der Waals surface area (Å²) in [4.78, 5) is 10.2. The molecule has 12 heavy (non-hydrogen) atoms. The Bertz CT molecular complexity index is 145. The SMILES string of the molecule is CC(C)(CCCCCO)[N+](=O)[O-]. The fourth-order valence-electron chi connectivity index (χ4n) is 0.937. The van der Waals surface area contributed by atoms with Crippen LogP contribution < -0.4 is 0 Å². The molecule has 0 atom stereocenters. The van der Waals surface area contributed by atoms with Crippen molar-refractivity contribution in [1.29, 1.82) is 0 Å². The summed E-state index contributed by atoms with van der Waals surface area (Å²) in [5.74, 6) is 0. The molecule has 0 saturated heterocycles. The van der Waals surface area contributed by atoms with Crippen LogP contribution in [0.2, 0.25) is 0 Å². The maximum atomic E-state index is 10.4. The van der Waals surface area contributed by atoms with Gasteiger partial charge < -0.3 is 5.11 Å². The molecule has 0 bridgehead atoms. The van der Waals surface area contributed by atoms with Gasteiger partial charge in [-0.05, 0) is 12.8 Å². The second-order valence-corrected chi connectivity index (χ2v) is 3.60. The lowest BCUT2D eigenvalue weighted by Crippen LogP contribution is -2.30. The summed E-state index contributed by atoms with van der Waals surface area (Å²) in [7, 11) is 0. The monoisotopic (exact) mass is 175 g/mol. The van der Waals surface area contributed by atoms with Gasteiger partial charge in [-0.25, -0.2) is 0 Å². The van der Waals surface area contributed by atoms with Crippen molar-refractivity contribution in [3.8, 4) is 0 Å². The van der Waals surface area contributed by atoms with Crippen LogP contribution in [0.5, 0.6) is 0 Å². The minimum atomic E-state index is -0.810. The van der Waals surface area contributed by atoms with Gasteiger partial charge in [0, 0.05) is 31.8 Å². The van der Waals surface area contributed by atoms with Gasteiger partial charge in [0.25, 0.3) is 0 Å². The molecule has 0 aromatic carbocycles. The molecule has 0 spiro atoms. The molecule has 72 valence electrons. The zero-order valence-corrected chi connectivity index (χ0v) is 7.75. The van der Waals surface area contributed by atoms with E-state index in [1.807, 2.05) is 0 Å². The average molecular weight is 175 g/mol. The molecule has 1 N–H and O–H groups in total. The van der Waals surface area contributed by atoms with E-state index in [-0.39, 0.29) is 11.5 Å². The van der Waals surface area contributed by atoms with E-state index in [2.05, 4.69) is 0 Å². The second kappa shape index (κ2) is 5.09. The fraction of sp³-hybridized carbons (Fsp3) is 1.00. The van der Waals surface area contributed by atoms with Crippen molar-refractivity contribution in [3.05, 3.63) is 10.1 Å². The number of hydrogen-bond acceptors (Lipinski definition) is 3. The van der Waals surface area contributed by atoms with E-state index in [9.17, 15) is 10.1 Å². The minimum absolute atomic E-state index is 0.179. The third-order valence-electron chi connectivity index (χ3n) is 1.94. The third kappa shape index (κ3) is 4.28. The van der Waals surface area contributed by atoms with Gasteiger partial charge in [-0.1, -0.05) is 6.42 Å². The highest BCUT2D eigenvalue weighted by atomic mass is 16.6. The normalized spacial score (nSPS) is 11.6. The fourth-order valence-corrected chi connectivity index (χ4v) is 0.937. The first kappa shape index (κ1) is 11.4. The smallest absolute Gasteiger partial charge is 0.216 e. The Hall–Kier alpha value is -0.640. The van der Waals surface area contributed by atoms with E-state index in [0.29, 0.717) is 6.42 Å². The van der Waals surface area contributed by atoms with Crippen LogP contribution in [0, 0.1) is 10.1 Å². The maximum absolute atomic E-state index is 10.4. The van der Waals surface area contributed by atoms with Crippen LogP contribution in [-0.4, -0.2) is 22.2 Å². The summed E-state index contributed by atoms with van der Waals surface area (Å²) in [6, 6.07) is 0. The van der Waals surface area contributed by atoms with E-state index in [1.54, 1.807) is 13.8 Å². The lowest BCUT2D eigenvalue weighted by atomic mass is 9.98. The Balaban J connectivity index is 3.54. The predicted molar refractivity (Wildman–Crippen MR) is 46.6 cm³/mol. The number of rotatable bonds is 6. The number of aliphatic hydroxyl groups is 1. The van der Waals surface area contributed by atoms with E-state index in [0.717, 1.165) is 19.3 Å². The molecule has 0 rings (SSSR count). The molecule has 0 aromatic heterocycles. The zero-order chi connectivity index (χ0) is 9.61.